The number of ether oxygens (including phenoxy) is 1. The molecule has 0 saturated carbocycles. The molecule has 0 fully saturated rings. The van der Waals surface area contributed by atoms with E-state index < -0.39 is 22.5 Å². The van der Waals surface area contributed by atoms with Gasteiger partial charge in [-0.15, -0.1) is 0 Å². The molecule has 1 amide bonds. The maximum absolute atomic E-state index is 13.4. The molecule has 3 aromatic rings. The van der Waals surface area contributed by atoms with E-state index in [1.165, 1.54) is 24.4 Å². The maximum Gasteiger partial charge on any atom is 0.264 e. The Kier molecular flexibility index (Phi) is 8.67. The van der Waals surface area contributed by atoms with Gasteiger partial charge in [-0.2, -0.15) is 5.10 Å². The third kappa shape index (κ3) is 6.59. The molecule has 0 spiro atoms. The second-order valence-electron chi connectivity index (χ2n) is 7.47. The Hall–Kier alpha value is -3.36. The molecule has 0 saturated heterocycles. The summed E-state index contributed by atoms with van der Waals surface area (Å²) < 4.78 is 33.3. The topological polar surface area (TPSA) is 88.1 Å². The Balaban J connectivity index is 1.78. The molecule has 0 aliphatic rings. The zero-order chi connectivity index (χ0) is 24.6. The molecule has 3 rings (SSSR count). The molecule has 3 aromatic carbocycles. The highest BCUT2D eigenvalue weighted by molar-refractivity contribution is 7.92. The molecular weight excluding hydrogens is 474 g/mol. The van der Waals surface area contributed by atoms with Gasteiger partial charge in [0.15, 0.2) is 0 Å². The summed E-state index contributed by atoms with van der Waals surface area (Å²) in [7, 11) is -4.03. The lowest BCUT2D eigenvalue weighted by atomic mass is 10.2. The maximum atomic E-state index is 13.4. The molecule has 0 aromatic heterocycles. The fourth-order valence-corrected chi connectivity index (χ4v) is 4.75. The van der Waals surface area contributed by atoms with Gasteiger partial charge in [-0.25, -0.2) is 13.8 Å². The molecule has 7 nitrogen and oxygen atoms in total. The predicted molar refractivity (Wildman–Crippen MR) is 135 cm³/mol. The molecule has 0 unspecified atom stereocenters. The molecule has 178 valence electrons. The summed E-state index contributed by atoms with van der Waals surface area (Å²) in [6.45, 7) is 3.95. The Labute approximate surface area is 205 Å². The average Bonchev–Trinajstić information content (AvgIpc) is 2.84. The summed E-state index contributed by atoms with van der Waals surface area (Å²) in [5, 5.41) is 4.32. The van der Waals surface area contributed by atoms with Crippen LogP contribution in [0.1, 0.15) is 24.5 Å². The van der Waals surface area contributed by atoms with Crippen LogP contribution in [0.2, 0.25) is 5.02 Å². The number of halogens is 1. The van der Waals surface area contributed by atoms with Crippen molar-refractivity contribution in [3.8, 4) is 5.75 Å². The molecule has 9 heteroatoms. The van der Waals surface area contributed by atoms with Crippen LogP contribution < -0.4 is 14.5 Å². The van der Waals surface area contributed by atoms with E-state index in [0.29, 0.717) is 22.9 Å². The lowest BCUT2D eigenvalue weighted by Gasteiger charge is -2.25. The van der Waals surface area contributed by atoms with Crippen LogP contribution in [-0.2, 0) is 14.8 Å². The minimum absolute atomic E-state index is 0.0658. The molecule has 0 bridgehead atoms. The summed E-state index contributed by atoms with van der Waals surface area (Å²) in [6.07, 6.45) is 2.39. The number of nitrogens with zero attached hydrogens (tertiary/aromatic N) is 2. The van der Waals surface area contributed by atoms with Gasteiger partial charge in [0, 0.05) is 5.02 Å². The number of amides is 1. The van der Waals surface area contributed by atoms with Gasteiger partial charge in [-0.05, 0) is 73.0 Å². The minimum Gasteiger partial charge on any atom is -0.494 e. The molecule has 0 aliphatic heterocycles. The van der Waals surface area contributed by atoms with E-state index in [-0.39, 0.29) is 4.90 Å². The fourth-order valence-electron chi connectivity index (χ4n) is 3.09. The molecule has 1 N–H and O–H groups in total. The number of hydrazone groups is 1. The third-order valence-corrected chi connectivity index (χ3v) is 6.82. The van der Waals surface area contributed by atoms with Crippen LogP contribution in [0.25, 0.3) is 0 Å². The van der Waals surface area contributed by atoms with Gasteiger partial charge >= 0.3 is 0 Å². The first-order chi connectivity index (χ1) is 16.3. The van der Waals surface area contributed by atoms with Crippen molar-refractivity contribution in [3.63, 3.8) is 0 Å². The predicted octanol–water partition coefficient (Wildman–Crippen LogP) is 4.78. The van der Waals surface area contributed by atoms with Crippen molar-refractivity contribution in [2.24, 2.45) is 5.10 Å². The molecule has 34 heavy (non-hydrogen) atoms. The van der Waals surface area contributed by atoms with Crippen LogP contribution in [0.15, 0.2) is 82.8 Å². The monoisotopic (exact) mass is 499 g/mol. The number of hydrogen-bond acceptors (Lipinski definition) is 5. The van der Waals surface area contributed by atoms with Crippen molar-refractivity contribution in [2.45, 2.75) is 25.2 Å². The van der Waals surface area contributed by atoms with Crippen LogP contribution in [0.4, 0.5) is 5.69 Å². The number of hydrogen-bond donors (Lipinski definition) is 1. The number of anilines is 1. The molecule has 0 radical (unpaired) electrons. The van der Waals surface area contributed by atoms with Crippen LogP contribution in [0.5, 0.6) is 5.75 Å². The van der Waals surface area contributed by atoms with Gasteiger partial charge in [-0.3, -0.25) is 9.10 Å². The summed E-state index contributed by atoms with van der Waals surface area (Å²) in [4.78, 5) is 12.7. The smallest absolute Gasteiger partial charge is 0.264 e. The highest BCUT2D eigenvalue weighted by Crippen LogP contribution is 2.29. The first-order valence-corrected chi connectivity index (χ1v) is 12.5. The standard InChI is InChI=1S/C25H26ClN3O4S/c1-3-15-33-22-13-10-20(11-14-22)17-27-28-25(30)18-29(24-16-21(26)12-9-19(24)2)34(31,32)23-7-5-4-6-8-23/h4-14,16-17H,3,15,18H2,1-2H3,(H,28,30)/b27-17-. The summed E-state index contributed by atoms with van der Waals surface area (Å²) in [6, 6.07) is 20.1. The van der Waals surface area contributed by atoms with E-state index in [2.05, 4.69) is 10.5 Å². The van der Waals surface area contributed by atoms with Crippen molar-refractivity contribution < 1.29 is 17.9 Å². The molecular formula is C25H26ClN3O4S. The van der Waals surface area contributed by atoms with Crippen molar-refractivity contribution in [3.05, 3.63) is 88.9 Å². The number of carbonyl (C=O) groups is 1. The van der Waals surface area contributed by atoms with Crippen LogP contribution >= 0.6 is 11.6 Å². The number of carbonyl (C=O) groups excluding carboxylic acids is 1. The number of nitrogens with one attached hydrogen (secondary N) is 1. The first-order valence-electron chi connectivity index (χ1n) is 10.7. The van der Waals surface area contributed by atoms with Crippen molar-refractivity contribution in [2.75, 3.05) is 17.5 Å². The summed E-state index contributed by atoms with van der Waals surface area (Å²) >= 11 is 6.13. The van der Waals surface area contributed by atoms with Crippen molar-refractivity contribution >= 4 is 39.4 Å². The summed E-state index contributed by atoms with van der Waals surface area (Å²) in [5.41, 5.74) is 4.13. The van der Waals surface area contributed by atoms with E-state index in [0.717, 1.165) is 22.0 Å². The second-order valence-corrected chi connectivity index (χ2v) is 9.76. The Bertz CT molecular complexity index is 1250. The average molecular weight is 500 g/mol. The van der Waals surface area contributed by atoms with E-state index in [4.69, 9.17) is 16.3 Å². The van der Waals surface area contributed by atoms with Crippen molar-refractivity contribution in [1.82, 2.24) is 5.43 Å². The van der Waals surface area contributed by atoms with E-state index in [9.17, 15) is 13.2 Å². The van der Waals surface area contributed by atoms with E-state index >= 15 is 0 Å². The lowest BCUT2D eigenvalue weighted by molar-refractivity contribution is -0.119. The lowest BCUT2D eigenvalue weighted by Crippen LogP contribution is -2.40. The van der Waals surface area contributed by atoms with E-state index in [1.54, 1.807) is 37.3 Å². The van der Waals surface area contributed by atoms with Gasteiger partial charge in [0.1, 0.15) is 12.3 Å². The SMILES string of the molecule is CCCOc1ccc(/C=N\NC(=O)CN(c2cc(Cl)ccc2C)S(=O)(=O)c2ccccc2)cc1. The largest absolute Gasteiger partial charge is 0.494 e. The molecule has 0 heterocycles. The number of sulfonamides is 1. The normalized spacial score (nSPS) is 11.4. The first kappa shape index (κ1) is 25.3. The van der Waals surface area contributed by atoms with Gasteiger partial charge < -0.3 is 4.74 Å². The highest BCUT2D eigenvalue weighted by atomic mass is 35.5. The third-order valence-electron chi connectivity index (χ3n) is 4.81. The zero-order valence-corrected chi connectivity index (χ0v) is 20.5. The van der Waals surface area contributed by atoms with Crippen molar-refractivity contribution in [1.29, 1.82) is 0 Å². The van der Waals surface area contributed by atoms with Gasteiger partial charge in [0.05, 0.1) is 23.4 Å². The molecule has 0 aliphatic carbocycles. The Morgan fingerprint density at radius 1 is 1.09 bits per heavy atom. The molecule has 0 atom stereocenters. The highest BCUT2D eigenvalue weighted by Gasteiger charge is 2.28. The zero-order valence-electron chi connectivity index (χ0n) is 18.9. The van der Waals surface area contributed by atoms with Gasteiger partial charge in [0.2, 0.25) is 0 Å². The van der Waals surface area contributed by atoms with E-state index in [1.807, 2.05) is 31.2 Å². The fraction of sp³-hybridized carbons (Fsp3) is 0.200. The Morgan fingerprint density at radius 3 is 2.47 bits per heavy atom. The second kappa shape index (κ2) is 11.7. The Morgan fingerprint density at radius 2 is 1.79 bits per heavy atom. The summed E-state index contributed by atoms with van der Waals surface area (Å²) in [5.74, 6) is 0.153. The van der Waals surface area contributed by atoms with Gasteiger partial charge in [0.25, 0.3) is 15.9 Å². The number of rotatable bonds is 10. The van der Waals surface area contributed by atoms with Gasteiger partial charge in [-0.1, -0.05) is 42.8 Å². The van der Waals surface area contributed by atoms with Crippen LogP contribution in [0, 0.1) is 6.92 Å². The number of benzene rings is 3. The quantitative estimate of drug-likeness (QED) is 0.321. The van der Waals surface area contributed by atoms with Crippen LogP contribution in [0.3, 0.4) is 0 Å². The number of aryl methyl sites for hydroxylation is 1. The van der Waals surface area contributed by atoms with Crippen LogP contribution in [-0.4, -0.2) is 33.7 Å². The minimum atomic E-state index is -4.03.